The fourth-order valence-corrected chi connectivity index (χ4v) is 9.88. The Labute approximate surface area is 455 Å². The molecular formula is C67H125NO5. The van der Waals surface area contributed by atoms with Gasteiger partial charge in [0.05, 0.1) is 25.4 Å². The van der Waals surface area contributed by atoms with Crippen LogP contribution >= 0.6 is 0 Å². The van der Waals surface area contributed by atoms with E-state index in [4.69, 9.17) is 4.74 Å². The molecule has 0 spiro atoms. The van der Waals surface area contributed by atoms with Crippen molar-refractivity contribution in [3.05, 3.63) is 48.6 Å². The molecule has 0 aromatic carbocycles. The van der Waals surface area contributed by atoms with Crippen LogP contribution < -0.4 is 5.32 Å². The molecule has 0 aliphatic rings. The molecule has 2 unspecified atom stereocenters. The summed E-state index contributed by atoms with van der Waals surface area (Å²) >= 11 is 0. The first-order valence-electron chi connectivity index (χ1n) is 32.4. The van der Waals surface area contributed by atoms with E-state index in [9.17, 15) is 19.8 Å². The monoisotopic (exact) mass is 1020 g/mol. The van der Waals surface area contributed by atoms with Gasteiger partial charge in [0.15, 0.2) is 0 Å². The van der Waals surface area contributed by atoms with Crippen LogP contribution in [0.1, 0.15) is 341 Å². The molecule has 0 aromatic rings. The van der Waals surface area contributed by atoms with E-state index in [1.807, 2.05) is 0 Å². The largest absolute Gasteiger partial charge is 0.466 e. The highest BCUT2D eigenvalue weighted by Gasteiger charge is 2.20. The highest BCUT2D eigenvalue weighted by molar-refractivity contribution is 5.76. The van der Waals surface area contributed by atoms with Crippen molar-refractivity contribution in [3.63, 3.8) is 0 Å². The second-order valence-electron chi connectivity index (χ2n) is 22.1. The number of allylic oxidation sites excluding steroid dienone is 8. The van der Waals surface area contributed by atoms with Gasteiger partial charge in [0.2, 0.25) is 5.91 Å². The third-order valence-corrected chi connectivity index (χ3v) is 14.9. The molecule has 0 fully saturated rings. The van der Waals surface area contributed by atoms with Crippen molar-refractivity contribution in [1.29, 1.82) is 0 Å². The van der Waals surface area contributed by atoms with Crippen LogP contribution in [0.2, 0.25) is 0 Å². The summed E-state index contributed by atoms with van der Waals surface area (Å²) in [5, 5.41) is 23.2. The number of nitrogens with one attached hydrogen (secondary N) is 1. The molecule has 0 saturated heterocycles. The Morgan fingerprint density at radius 3 is 1.07 bits per heavy atom. The number of hydrogen-bond donors (Lipinski definition) is 3. The summed E-state index contributed by atoms with van der Waals surface area (Å²) in [5.74, 6) is -0.0367. The van der Waals surface area contributed by atoms with Crippen LogP contribution in [0.15, 0.2) is 48.6 Å². The lowest BCUT2D eigenvalue weighted by Gasteiger charge is -2.22. The molecule has 1 amide bonds. The topological polar surface area (TPSA) is 95.9 Å². The van der Waals surface area contributed by atoms with E-state index >= 15 is 0 Å². The summed E-state index contributed by atoms with van der Waals surface area (Å²) in [6.45, 7) is 4.91. The Bertz CT molecular complexity index is 1230. The van der Waals surface area contributed by atoms with Crippen LogP contribution in [0.25, 0.3) is 0 Å². The molecule has 0 bridgehead atoms. The summed E-state index contributed by atoms with van der Waals surface area (Å²) in [7, 11) is 0. The normalized spacial score (nSPS) is 12.9. The van der Waals surface area contributed by atoms with Gasteiger partial charge in [-0.3, -0.25) is 9.59 Å². The molecule has 0 rings (SSSR count). The fraction of sp³-hybridized carbons (Fsp3) is 0.851. The van der Waals surface area contributed by atoms with Gasteiger partial charge in [-0.2, -0.15) is 0 Å². The zero-order valence-corrected chi connectivity index (χ0v) is 48.9. The number of carbonyl (C=O) groups excluding carboxylic acids is 2. The van der Waals surface area contributed by atoms with E-state index in [1.54, 1.807) is 0 Å². The molecule has 0 aliphatic heterocycles. The van der Waals surface area contributed by atoms with Gasteiger partial charge < -0.3 is 20.3 Å². The Hall–Kier alpha value is -2.18. The van der Waals surface area contributed by atoms with Crippen molar-refractivity contribution < 1.29 is 24.5 Å². The SMILES string of the molecule is CCCCC/C=C\C/C=C\CCCCCCCC(=O)OCCCCCCCCCCC/C=C\C/C=C\CCCCCCCCCCCCCCCCCC(=O)NC(CO)C(O)CCCCCCCCCCCC. The van der Waals surface area contributed by atoms with Crippen LogP contribution in [0.4, 0.5) is 0 Å². The molecule has 0 radical (unpaired) electrons. The summed E-state index contributed by atoms with van der Waals surface area (Å²) in [6.07, 6.45) is 80.0. The van der Waals surface area contributed by atoms with Gasteiger partial charge in [-0.1, -0.05) is 287 Å². The van der Waals surface area contributed by atoms with Crippen LogP contribution in [0.5, 0.6) is 0 Å². The fourth-order valence-electron chi connectivity index (χ4n) is 9.88. The molecule has 0 aliphatic carbocycles. The number of rotatable bonds is 60. The van der Waals surface area contributed by atoms with Gasteiger partial charge >= 0.3 is 5.97 Å². The van der Waals surface area contributed by atoms with E-state index in [0.29, 0.717) is 25.9 Å². The minimum Gasteiger partial charge on any atom is -0.466 e. The second-order valence-corrected chi connectivity index (χ2v) is 22.1. The van der Waals surface area contributed by atoms with E-state index in [2.05, 4.69) is 67.8 Å². The van der Waals surface area contributed by atoms with E-state index < -0.39 is 12.1 Å². The Morgan fingerprint density at radius 1 is 0.384 bits per heavy atom. The third kappa shape index (κ3) is 58.9. The predicted molar refractivity (Wildman–Crippen MR) is 319 cm³/mol. The highest BCUT2D eigenvalue weighted by atomic mass is 16.5. The molecule has 2 atom stereocenters. The second kappa shape index (κ2) is 62.4. The van der Waals surface area contributed by atoms with E-state index in [1.165, 1.54) is 250 Å². The van der Waals surface area contributed by atoms with Crippen LogP contribution in [0.3, 0.4) is 0 Å². The maximum atomic E-state index is 12.4. The lowest BCUT2D eigenvalue weighted by atomic mass is 10.0. The van der Waals surface area contributed by atoms with Crippen LogP contribution in [-0.4, -0.2) is 47.4 Å². The van der Waals surface area contributed by atoms with Gasteiger partial charge in [-0.15, -0.1) is 0 Å². The van der Waals surface area contributed by atoms with E-state index in [-0.39, 0.29) is 18.5 Å². The number of esters is 1. The molecule has 428 valence electrons. The quantitative estimate of drug-likeness (QED) is 0.0320. The number of carbonyl (C=O) groups is 2. The standard InChI is InChI=1S/C67H125NO5/c1-3-5-7-9-11-13-15-16-34-38-41-45-49-53-57-61-67(72)73-62-58-54-50-46-42-39-36-33-31-29-27-25-23-21-19-17-18-20-22-24-26-28-30-32-35-37-40-44-48-52-56-60-66(71)68-64(63-69)65(70)59-55-51-47-43-14-12-10-8-6-4-2/h11,13,16,19,21,25,27,34,64-65,69-70H,3-10,12,14-15,17-18,20,22-24,26,28-33,35-63H2,1-2H3,(H,68,71)/b13-11-,21-19-,27-25-,34-16-. The summed E-state index contributed by atoms with van der Waals surface area (Å²) in [6, 6.07) is -0.540. The van der Waals surface area contributed by atoms with Crippen molar-refractivity contribution in [1.82, 2.24) is 5.32 Å². The van der Waals surface area contributed by atoms with E-state index in [0.717, 1.165) is 57.8 Å². The Morgan fingerprint density at radius 2 is 0.685 bits per heavy atom. The summed E-state index contributed by atoms with van der Waals surface area (Å²) in [5.41, 5.74) is 0. The molecular weight excluding hydrogens is 899 g/mol. The maximum Gasteiger partial charge on any atom is 0.305 e. The van der Waals surface area contributed by atoms with Gasteiger partial charge in [-0.05, 0) is 89.9 Å². The zero-order chi connectivity index (χ0) is 52.9. The molecule has 6 heteroatoms. The first-order valence-corrected chi connectivity index (χ1v) is 32.4. The van der Waals surface area contributed by atoms with Crippen molar-refractivity contribution in [2.24, 2.45) is 0 Å². The van der Waals surface area contributed by atoms with Crippen molar-refractivity contribution in [3.8, 4) is 0 Å². The highest BCUT2D eigenvalue weighted by Crippen LogP contribution is 2.17. The smallest absolute Gasteiger partial charge is 0.305 e. The zero-order valence-electron chi connectivity index (χ0n) is 48.9. The molecule has 0 saturated carbocycles. The number of hydrogen-bond acceptors (Lipinski definition) is 5. The maximum absolute atomic E-state index is 12.4. The number of amides is 1. The molecule has 3 N–H and O–H groups in total. The van der Waals surface area contributed by atoms with Crippen molar-refractivity contribution >= 4 is 11.9 Å². The van der Waals surface area contributed by atoms with Gasteiger partial charge in [0.1, 0.15) is 0 Å². The van der Waals surface area contributed by atoms with Crippen LogP contribution in [-0.2, 0) is 14.3 Å². The summed E-state index contributed by atoms with van der Waals surface area (Å²) in [4.78, 5) is 24.5. The average Bonchev–Trinajstić information content (AvgIpc) is 3.39. The number of ether oxygens (including phenoxy) is 1. The third-order valence-electron chi connectivity index (χ3n) is 14.9. The number of aliphatic hydroxyl groups excluding tert-OH is 2. The minimum absolute atomic E-state index is 0.00115. The molecule has 6 nitrogen and oxygen atoms in total. The first-order chi connectivity index (χ1) is 36.0. The lowest BCUT2D eigenvalue weighted by molar-refractivity contribution is -0.143. The lowest BCUT2D eigenvalue weighted by Crippen LogP contribution is -2.45. The van der Waals surface area contributed by atoms with Crippen LogP contribution in [0, 0.1) is 0 Å². The molecule has 0 heterocycles. The number of aliphatic hydroxyl groups is 2. The molecule has 0 aromatic heterocycles. The van der Waals surface area contributed by atoms with Gasteiger partial charge in [-0.25, -0.2) is 0 Å². The van der Waals surface area contributed by atoms with Gasteiger partial charge in [0.25, 0.3) is 0 Å². The Kier molecular flexibility index (Phi) is 60.5. The molecule has 73 heavy (non-hydrogen) atoms. The summed E-state index contributed by atoms with van der Waals surface area (Å²) < 4.78 is 5.48. The Balaban J connectivity index is 3.38. The predicted octanol–water partition coefficient (Wildman–Crippen LogP) is 20.5. The van der Waals surface area contributed by atoms with Gasteiger partial charge in [0, 0.05) is 12.8 Å². The van der Waals surface area contributed by atoms with Crippen molar-refractivity contribution in [2.75, 3.05) is 13.2 Å². The average molecular weight is 1020 g/mol. The van der Waals surface area contributed by atoms with Crippen molar-refractivity contribution in [2.45, 2.75) is 353 Å². The first kappa shape index (κ1) is 70.8. The minimum atomic E-state index is -0.662. The number of unbranched alkanes of at least 4 members (excludes halogenated alkanes) is 41.